The van der Waals surface area contributed by atoms with E-state index in [4.69, 9.17) is 0 Å². The number of carbonyl (C=O) groups excluding carboxylic acids is 3. The van der Waals surface area contributed by atoms with Gasteiger partial charge in [-0.15, -0.1) is 0 Å². The van der Waals surface area contributed by atoms with Crippen molar-refractivity contribution in [3.8, 4) is 0 Å². The van der Waals surface area contributed by atoms with Crippen molar-refractivity contribution in [1.29, 1.82) is 0 Å². The van der Waals surface area contributed by atoms with Crippen molar-refractivity contribution in [2.45, 2.75) is 290 Å². The Morgan fingerprint density at radius 2 is 0.345 bits per heavy atom. The fraction of sp³-hybridized carbons (Fsp3) is 0.938. The van der Waals surface area contributed by atoms with Crippen LogP contribution in [0.2, 0.25) is 0 Å². The van der Waals surface area contributed by atoms with Gasteiger partial charge in [-0.25, -0.2) is 0 Å². The summed E-state index contributed by atoms with van der Waals surface area (Å²) in [5, 5.41) is 30.6. The third-order valence-corrected chi connectivity index (χ3v) is 10.5. The van der Waals surface area contributed by atoms with Crippen molar-refractivity contribution < 1.29 is 47.1 Å². The van der Waals surface area contributed by atoms with Crippen LogP contribution in [0.5, 0.6) is 0 Å². The molecular weight excluding hydrogens is 725 g/mol. The zero-order valence-electron chi connectivity index (χ0n) is 37.1. The third-order valence-electron chi connectivity index (χ3n) is 10.5. The monoisotopic (exact) mass is 818 g/mol. The van der Waals surface area contributed by atoms with E-state index in [0.29, 0.717) is 0 Å². The number of hydrogen-bond donors (Lipinski definition) is 0. The maximum atomic E-state index is 10.2. The van der Waals surface area contributed by atoms with Crippen LogP contribution in [-0.2, 0) is 31.7 Å². The van der Waals surface area contributed by atoms with Crippen molar-refractivity contribution in [3.63, 3.8) is 0 Å². The molecule has 55 heavy (non-hydrogen) atoms. The molecule has 0 atom stereocenters. The van der Waals surface area contributed by atoms with E-state index in [-0.39, 0.29) is 36.6 Å². The summed E-state index contributed by atoms with van der Waals surface area (Å²) in [4.78, 5) is 30.6. The Morgan fingerprint density at radius 1 is 0.236 bits per heavy atom. The molecular formula is C48H93CrO6. The van der Waals surface area contributed by atoms with Crippen LogP contribution in [0.15, 0.2) is 0 Å². The van der Waals surface area contributed by atoms with Crippen molar-refractivity contribution in [3.05, 3.63) is 0 Å². The molecule has 0 rings (SSSR count). The van der Waals surface area contributed by atoms with E-state index in [9.17, 15) is 29.7 Å². The Bertz CT molecular complexity index is 636. The van der Waals surface area contributed by atoms with Crippen molar-refractivity contribution >= 4 is 17.9 Å². The van der Waals surface area contributed by atoms with Crippen LogP contribution < -0.4 is 15.3 Å². The summed E-state index contributed by atoms with van der Waals surface area (Å²) in [6.07, 6.45) is 50.8. The summed E-state index contributed by atoms with van der Waals surface area (Å²) in [7, 11) is 0. The van der Waals surface area contributed by atoms with Crippen molar-refractivity contribution in [1.82, 2.24) is 0 Å². The second kappa shape index (κ2) is 57.3. The van der Waals surface area contributed by atoms with E-state index in [2.05, 4.69) is 20.8 Å². The average molecular weight is 818 g/mol. The van der Waals surface area contributed by atoms with Crippen LogP contribution in [-0.4, -0.2) is 17.9 Å². The van der Waals surface area contributed by atoms with Crippen LogP contribution in [0.1, 0.15) is 290 Å². The Hall–Kier alpha value is -1.06. The summed E-state index contributed by atoms with van der Waals surface area (Å²) < 4.78 is 0. The minimum atomic E-state index is -0.905. The summed E-state index contributed by atoms with van der Waals surface area (Å²) in [5.74, 6) is -2.71. The molecule has 1 radical (unpaired) electrons. The molecule has 0 fully saturated rings. The number of hydrogen-bond acceptors (Lipinski definition) is 6. The zero-order valence-corrected chi connectivity index (χ0v) is 38.3. The molecule has 0 aromatic heterocycles. The van der Waals surface area contributed by atoms with Gasteiger partial charge in [-0.2, -0.15) is 0 Å². The van der Waals surface area contributed by atoms with Crippen LogP contribution in [0.25, 0.3) is 0 Å². The fourth-order valence-electron chi connectivity index (χ4n) is 6.86. The molecule has 0 bridgehead atoms. The Balaban J connectivity index is -0.000000351. The normalized spacial score (nSPS) is 10.5. The van der Waals surface area contributed by atoms with Crippen LogP contribution in [0, 0.1) is 0 Å². The van der Waals surface area contributed by atoms with Crippen LogP contribution in [0.4, 0.5) is 0 Å². The molecule has 0 aliphatic rings. The van der Waals surface area contributed by atoms with Gasteiger partial charge >= 0.3 is 17.4 Å². The first-order valence-corrected chi connectivity index (χ1v) is 23.9. The quantitative estimate of drug-likeness (QED) is 0.0566. The largest absolute Gasteiger partial charge is 3.00 e. The first-order chi connectivity index (χ1) is 26.3. The first kappa shape index (κ1) is 60.6. The minimum absolute atomic E-state index is 0. The van der Waals surface area contributed by atoms with Crippen molar-refractivity contribution in [2.75, 3.05) is 0 Å². The van der Waals surface area contributed by atoms with E-state index >= 15 is 0 Å². The summed E-state index contributed by atoms with van der Waals surface area (Å²) >= 11 is 0. The van der Waals surface area contributed by atoms with Gasteiger partial charge in [-0.05, 0) is 38.5 Å². The van der Waals surface area contributed by atoms with Gasteiger partial charge < -0.3 is 29.7 Å². The second-order valence-corrected chi connectivity index (χ2v) is 16.1. The third kappa shape index (κ3) is 71.2. The molecule has 0 aromatic rings. The maximum Gasteiger partial charge on any atom is 3.00 e. The molecule has 0 spiro atoms. The Labute approximate surface area is 354 Å². The molecule has 327 valence electrons. The molecule has 7 heteroatoms. The van der Waals surface area contributed by atoms with Crippen molar-refractivity contribution in [2.24, 2.45) is 0 Å². The summed E-state index contributed by atoms with van der Waals surface area (Å²) in [6, 6.07) is 0. The molecule has 0 N–H and O–H groups in total. The van der Waals surface area contributed by atoms with Gasteiger partial charge in [-0.1, -0.05) is 252 Å². The predicted molar refractivity (Wildman–Crippen MR) is 226 cm³/mol. The fourth-order valence-corrected chi connectivity index (χ4v) is 6.86. The van der Waals surface area contributed by atoms with E-state index in [1.165, 1.54) is 212 Å². The van der Waals surface area contributed by atoms with E-state index in [1.807, 2.05) is 0 Å². The molecule has 0 amide bonds. The molecule has 0 aliphatic carbocycles. The van der Waals surface area contributed by atoms with Gasteiger partial charge in [0.05, 0.1) is 0 Å². The molecule has 0 heterocycles. The molecule has 0 saturated carbocycles. The number of unbranched alkanes of at least 4 members (excludes halogenated alkanes) is 36. The Kier molecular flexibility index (Phi) is 63.1. The zero-order chi connectivity index (χ0) is 40.4. The number of rotatable bonds is 42. The predicted octanol–water partition coefficient (Wildman–Crippen LogP) is 12.7. The summed E-state index contributed by atoms with van der Waals surface area (Å²) in [5.41, 5.74) is 0. The maximum absolute atomic E-state index is 10.2. The van der Waals surface area contributed by atoms with Gasteiger partial charge in [0, 0.05) is 17.9 Å². The Morgan fingerprint density at radius 3 is 0.455 bits per heavy atom. The average Bonchev–Trinajstić information content (AvgIpc) is 3.14. The number of carbonyl (C=O) groups is 3. The summed E-state index contributed by atoms with van der Waals surface area (Å²) in [6.45, 7) is 6.77. The standard InChI is InChI=1S/3C16H32O2.Cr/c3*1-2-3-4-5-6-7-8-9-10-11-12-13-14-15-16(17)18;/h3*2-15H2,1H3,(H,17,18);/q;;;+3/p-3. The minimum Gasteiger partial charge on any atom is -0.550 e. The smallest absolute Gasteiger partial charge is 0.550 e. The van der Waals surface area contributed by atoms with Gasteiger partial charge in [0.25, 0.3) is 0 Å². The second-order valence-electron chi connectivity index (χ2n) is 16.1. The number of aliphatic carboxylic acids is 3. The molecule has 0 aromatic carbocycles. The topological polar surface area (TPSA) is 120 Å². The molecule has 0 aliphatic heterocycles. The van der Waals surface area contributed by atoms with E-state index < -0.39 is 17.9 Å². The number of carboxylic acids is 3. The first-order valence-electron chi connectivity index (χ1n) is 23.9. The van der Waals surface area contributed by atoms with Gasteiger partial charge in [0.2, 0.25) is 0 Å². The van der Waals surface area contributed by atoms with E-state index in [0.717, 1.165) is 38.5 Å². The van der Waals surface area contributed by atoms with Gasteiger partial charge in [-0.3, -0.25) is 0 Å². The number of carboxylic acid groups (broad SMARTS) is 3. The van der Waals surface area contributed by atoms with Crippen LogP contribution in [0.3, 0.4) is 0 Å². The van der Waals surface area contributed by atoms with Gasteiger partial charge in [0.1, 0.15) is 0 Å². The molecule has 0 unspecified atom stereocenters. The van der Waals surface area contributed by atoms with E-state index in [1.54, 1.807) is 0 Å². The van der Waals surface area contributed by atoms with Crippen LogP contribution >= 0.6 is 0 Å². The SMILES string of the molecule is CCCCCCCCCCCCCCCC(=O)[O-].CCCCCCCCCCCCCCCC(=O)[O-].CCCCCCCCCCCCCCCC(=O)[O-].[Cr+3]. The van der Waals surface area contributed by atoms with Gasteiger partial charge in [0.15, 0.2) is 0 Å². The molecule has 0 saturated heterocycles. The molecule has 6 nitrogen and oxygen atoms in total.